The van der Waals surface area contributed by atoms with Crippen molar-refractivity contribution >= 4 is 11.9 Å². The molecule has 18 heavy (non-hydrogen) atoms. The van der Waals surface area contributed by atoms with E-state index in [9.17, 15) is 14.0 Å². The smallest absolute Gasteiger partial charge is 0.332 e. The average Bonchev–Trinajstić information content (AvgIpc) is 2.27. The summed E-state index contributed by atoms with van der Waals surface area (Å²) in [5.74, 6) is -1.16. The summed E-state index contributed by atoms with van der Waals surface area (Å²) >= 11 is 0. The first-order valence-electron chi connectivity index (χ1n) is 5.34. The second-order valence-corrected chi connectivity index (χ2v) is 3.74. The van der Waals surface area contributed by atoms with Crippen LogP contribution < -0.4 is 5.32 Å². The van der Waals surface area contributed by atoms with Gasteiger partial charge in [0.15, 0.2) is 0 Å². The number of carbonyl (C=O) groups is 2. The number of halogens is 1. The molecule has 0 aliphatic rings. The van der Waals surface area contributed by atoms with Gasteiger partial charge < -0.3 is 10.1 Å². The minimum atomic E-state index is -0.564. The summed E-state index contributed by atoms with van der Waals surface area (Å²) in [5, 5.41) is 2.45. The molecule has 0 atom stereocenters. The number of hydrogen-bond donors (Lipinski definition) is 1. The van der Waals surface area contributed by atoms with Gasteiger partial charge in [-0.15, -0.1) is 0 Å². The van der Waals surface area contributed by atoms with Crippen LogP contribution >= 0.6 is 0 Å². The Kier molecular flexibility index (Phi) is 5.05. The highest BCUT2D eigenvalue weighted by atomic mass is 19.1. The second kappa shape index (κ2) is 6.54. The molecule has 0 fully saturated rings. The molecule has 0 aliphatic heterocycles. The van der Waals surface area contributed by atoms with Gasteiger partial charge >= 0.3 is 5.97 Å². The van der Waals surface area contributed by atoms with Gasteiger partial charge in [0.25, 0.3) is 0 Å². The van der Waals surface area contributed by atoms with Gasteiger partial charge in [0.2, 0.25) is 5.91 Å². The fourth-order valence-electron chi connectivity index (χ4n) is 1.27. The van der Waals surface area contributed by atoms with Crippen LogP contribution in [0.4, 0.5) is 4.39 Å². The molecule has 1 N–H and O–H groups in total. The quantitative estimate of drug-likeness (QED) is 0.657. The maximum absolute atomic E-state index is 12.6. The van der Waals surface area contributed by atoms with E-state index >= 15 is 0 Å². The zero-order valence-corrected chi connectivity index (χ0v) is 10.2. The molecule has 0 saturated heterocycles. The van der Waals surface area contributed by atoms with E-state index in [4.69, 9.17) is 4.74 Å². The molecule has 0 heterocycles. The van der Waals surface area contributed by atoms with Gasteiger partial charge in [-0.2, -0.15) is 0 Å². The number of benzene rings is 1. The maximum atomic E-state index is 12.6. The topological polar surface area (TPSA) is 55.4 Å². The van der Waals surface area contributed by atoms with E-state index in [1.54, 1.807) is 6.92 Å². The van der Waals surface area contributed by atoms with Gasteiger partial charge in [0, 0.05) is 18.7 Å². The zero-order chi connectivity index (χ0) is 13.5. The van der Waals surface area contributed by atoms with Crippen molar-refractivity contribution in [2.24, 2.45) is 0 Å². The average molecular weight is 251 g/mol. The van der Waals surface area contributed by atoms with Gasteiger partial charge in [-0.3, -0.25) is 4.79 Å². The first-order chi connectivity index (χ1) is 8.47. The zero-order valence-electron chi connectivity index (χ0n) is 10.2. The summed E-state index contributed by atoms with van der Waals surface area (Å²) in [7, 11) is 0. The van der Waals surface area contributed by atoms with Crippen LogP contribution in [0.3, 0.4) is 0 Å². The lowest BCUT2D eigenvalue weighted by Gasteiger charge is -2.04. The van der Waals surface area contributed by atoms with E-state index < -0.39 is 5.97 Å². The molecule has 5 heteroatoms. The summed E-state index contributed by atoms with van der Waals surface area (Å²) in [6, 6.07) is 5.66. The lowest BCUT2D eigenvalue weighted by Crippen LogP contribution is -2.18. The molecule has 0 bridgehead atoms. The lowest BCUT2D eigenvalue weighted by molar-refractivity contribution is -0.139. The fourth-order valence-corrected chi connectivity index (χ4v) is 1.27. The van der Waals surface area contributed by atoms with E-state index in [1.165, 1.54) is 37.3 Å². The Bertz CT molecular complexity index is 466. The third-order valence-electron chi connectivity index (χ3n) is 2.00. The summed E-state index contributed by atoms with van der Waals surface area (Å²) < 4.78 is 17.6. The van der Waals surface area contributed by atoms with Crippen LogP contribution in [0.25, 0.3) is 0 Å². The van der Waals surface area contributed by atoms with Crippen LogP contribution in [0, 0.1) is 5.82 Å². The third kappa shape index (κ3) is 5.25. The number of carbonyl (C=O) groups excluding carboxylic acids is 2. The summed E-state index contributed by atoms with van der Waals surface area (Å²) in [6.07, 6.45) is 1.19. The fraction of sp³-hybridized carbons (Fsp3) is 0.231. The summed E-state index contributed by atoms with van der Waals surface area (Å²) in [6.45, 7) is 2.99. The van der Waals surface area contributed by atoms with Crippen molar-refractivity contribution < 1.29 is 18.7 Å². The number of nitrogens with one attached hydrogen (secondary N) is 1. The third-order valence-corrected chi connectivity index (χ3v) is 2.00. The standard InChI is InChI=1S/C13H14FNO3/c1-9(15-10(2)16)7-13(17)18-8-11-3-5-12(14)6-4-11/h3-7H,8H2,1-2H3,(H,15,16)/b9-7+. The van der Waals surface area contributed by atoms with Crippen LogP contribution in [0.15, 0.2) is 36.0 Å². The van der Waals surface area contributed by atoms with Crippen LogP contribution in [0.2, 0.25) is 0 Å². The van der Waals surface area contributed by atoms with Crippen LogP contribution in [-0.2, 0) is 20.9 Å². The van der Waals surface area contributed by atoms with Crippen LogP contribution in [-0.4, -0.2) is 11.9 Å². The number of hydrogen-bond acceptors (Lipinski definition) is 3. The molecule has 1 aromatic carbocycles. The van der Waals surface area contributed by atoms with E-state index in [0.717, 1.165) is 0 Å². The Balaban J connectivity index is 2.46. The van der Waals surface area contributed by atoms with Crippen molar-refractivity contribution in [2.45, 2.75) is 20.5 Å². The minimum absolute atomic E-state index is 0.0585. The molecule has 1 rings (SSSR count). The molecule has 1 amide bonds. The normalized spacial score (nSPS) is 10.9. The van der Waals surface area contributed by atoms with Crippen LogP contribution in [0.1, 0.15) is 19.4 Å². The van der Waals surface area contributed by atoms with E-state index in [1.807, 2.05) is 0 Å². The van der Waals surface area contributed by atoms with Crippen molar-refractivity contribution in [1.82, 2.24) is 5.32 Å². The molecule has 0 unspecified atom stereocenters. The van der Waals surface area contributed by atoms with Crippen molar-refractivity contribution in [2.75, 3.05) is 0 Å². The number of allylic oxidation sites excluding steroid dienone is 1. The molecule has 0 radical (unpaired) electrons. The van der Waals surface area contributed by atoms with Gasteiger partial charge in [0.05, 0.1) is 0 Å². The molecule has 1 aromatic rings. The van der Waals surface area contributed by atoms with Crippen molar-refractivity contribution in [1.29, 1.82) is 0 Å². The molecular formula is C13H14FNO3. The molecule has 96 valence electrons. The Morgan fingerprint density at radius 2 is 1.89 bits per heavy atom. The van der Waals surface area contributed by atoms with Gasteiger partial charge in [-0.25, -0.2) is 9.18 Å². The SMILES string of the molecule is CC(=O)N/C(C)=C/C(=O)OCc1ccc(F)cc1. The Hall–Kier alpha value is -2.17. The first-order valence-corrected chi connectivity index (χ1v) is 5.34. The number of amides is 1. The predicted molar refractivity (Wildman–Crippen MR) is 63.8 cm³/mol. The Morgan fingerprint density at radius 3 is 2.44 bits per heavy atom. The van der Waals surface area contributed by atoms with Gasteiger partial charge in [0.1, 0.15) is 12.4 Å². The largest absolute Gasteiger partial charge is 0.458 e. The Labute approximate surface area is 104 Å². The minimum Gasteiger partial charge on any atom is -0.458 e. The summed E-state index contributed by atoms with van der Waals surface area (Å²) in [5.41, 5.74) is 1.10. The Morgan fingerprint density at radius 1 is 1.28 bits per heavy atom. The number of ether oxygens (including phenoxy) is 1. The lowest BCUT2D eigenvalue weighted by atomic mass is 10.2. The summed E-state index contributed by atoms with van der Waals surface area (Å²) in [4.78, 5) is 22.1. The molecule has 0 aliphatic carbocycles. The van der Waals surface area contributed by atoms with E-state index in [0.29, 0.717) is 11.3 Å². The maximum Gasteiger partial charge on any atom is 0.332 e. The highest BCUT2D eigenvalue weighted by molar-refractivity contribution is 5.84. The van der Waals surface area contributed by atoms with Gasteiger partial charge in [-0.05, 0) is 24.6 Å². The molecular weight excluding hydrogens is 237 g/mol. The molecule has 0 spiro atoms. The van der Waals surface area contributed by atoms with Gasteiger partial charge in [-0.1, -0.05) is 12.1 Å². The first kappa shape index (κ1) is 13.9. The highest BCUT2D eigenvalue weighted by Crippen LogP contribution is 2.04. The van der Waals surface area contributed by atoms with Crippen molar-refractivity contribution in [3.05, 3.63) is 47.4 Å². The van der Waals surface area contributed by atoms with Crippen LogP contribution in [0.5, 0.6) is 0 Å². The number of rotatable bonds is 4. The molecule has 4 nitrogen and oxygen atoms in total. The predicted octanol–water partition coefficient (Wildman–Crippen LogP) is 1.91. The molecule has 0 saturated carbocycles. The van der Waals surface area contributed by atoms with E-state index in [2.05, 4.69) is 5.32 Å². The highest BCUT2D eigenvalue weighted by Gasteiger charge is 2.02. The number of esters is 1. The molecule has 0 aromatic heterocycles. The van der Waals surface area contributed by atoms with Crippen molar-refractivity contribution in [3.63, 3.8) is 0 Å². The van der Waals surface area contributed by atoms with E-state index in [-0.39, 0.29) is 18.3 Å². The van der Waals surface area contributed by atoms with Crippen molar-refractivity contribution in [3.8, 4) is 0 Å². The monoisotopic (exact) mass is 251 g/mol. The second-order valence-electron chi connectivity index (χ2n) is 3.74.